The molecule has 30 heavy (non-hydrogen) atoms. The third-order valence-corrected chi connectivity index (χ3v) is 6.92. The average molecular weight is 486 g/mol. The van der Waals surface area contributed by atoms with Crippen LogP contribution in [0.3, 0.4) is 0 Å². The minimum absolute atomic E-state index is 0.0688. The molecule has 3 aromatic rings. The van der Waals surface area contributed by atoms with Gasteiger partial charge in [-0.3, -0.25) is 20.1 Å². The third kappa shape index (κ3) is 3.48. The number of rotatable bonds is 4. The number of amides is 1. The van der Waals surface area contributed by atoms with Gasteiger partial charge >= 0.3 is 0 Å². The number of pyridine rings is 2. The molecular weight excluding hydrogens is 466 g/mol. The highest BCUT2D eigenvalue weighted by Gasteiger charge is 2.49. The fourth-order valence-electron chi connectivity index (χ4n) is 3.65. The minimum Gasteiger partial charge on any atom is -0.481 e. The highest BCUT2D eigenvalue weighted by molar-refractivity contribution is 9.10. The summed E-state index contributed by atoms with van der Waals surface area (Å²) in [6.45, 7) is 1.95. The van der Waals surface area contributed by atoms with Crippen molar-refractivity contribution in [1.82, 2.24) is 20.2 Å². The molecule has 7 nitrogen and oxygen atoms in total. The van der Waals surface area contributed by atoms with Gasteiger partial charge in [0, 0.05) is 46.6 Å². The summed E-state index contributed by atoms with van der Waals surface area (Å²) in [5.74, 6) is -0.160. The Bertz CT molecular complexity index is 1120. The van der Waals surface area contributed by atoms with Gasteiger partial charge in [-0.1, -0.05) is 6.07 Å². The van der Waals surface area contributed by atoms with Crippen LogP contribution in [0.5, 0.6) is 5.88 Å². The second-order valence-corrected chi connectivity index (χ2v) is 9.06. The molecule has 0 spiro atoms. The topological polar surface area (TPSA) is 91.2 Å². The summed E-state index contributed by atoms with van der Waals surface area (Å²) in [7, 11) is 3.16. The monoisotopic (exact) mass is 485 g/mol. The van der Waals surface area contributed by atoms with Crippen LogP contribution in [0.15, 0.2) is 52.7 Å². The van der Waals surface area contributed by atoms with E-state index < -0.39 is 11.5 Å². The van der Waals surface area contributed by atoms with Crippen molar-refractivity contribution in [3.05, 3.63) is 63.1 Å². The highest BCUT2D eigenvalue weighted by atomic mass is 79.9. The quantitative estimate of drug-likeness (QED) is 0.583. The zero-order chi connectivity index (χ0) is 21.5. The van der Waals surface area contributed by atoms with E-state index in [4.69, 9.17) is 10.1 Å². The molecule has 0 bridgehead atoms. The Balaban J connectivity index is 1.79. The number of carbonyl (C=O) groups excluding carboxylic acids is 1. The number of nitrogens with zero attached hydrogens (tertiary/aromatic N) is 3. The summed E-state index contributed by atoms with van der Waals surface area (Å²) in [6.07, 6.45) is 5.21. The van der Waals surface area contributed by atoms with Crippen LogP contribution in [0.4, 0.5) is 0 Å². The molecule has 4 heterocycles. The predicted octanol–water partition coefficient (Wildman–Crippen LogP) is 3.97. The smallest absolute Gasteiger partial charge is 0.239 e. The first-order chi connectivity index (χ1) is 14.3. The first kappa shape index (κ1) is 20.5. The van der Waals surface area contributed by atoms with E-state index in [1.807, 2.05) is 24.4 Å². The lowest BCUT2D eigenvalue weighted by Crippen LogP contribution is -2.62. The van der Waals surface area contributed by atoms with E-state index in [1.54, 1.807) is 50.2 Å². The number of carbonyl (C=O) groups is 1. The van der Waals surface area contributed by atoms with E-state index in [-0.39, 0.29) is 11.9 Å². The molecule has 2 atom stereocenters. The van der Waals surface area contributed by atoms with E-state index in [2.05, 4.69) is 37.3 Å². The molecule has 1 saturated heterocycles. The standard InChI is InChI=1S/C21H20BrN5O2S/c1-21(16-7-14(11-30-16)13-6-15(22)10-24-8-13)18(19(28)27(2)20(23)26-21)12-4-5-17(29-3)25-9-12/h4-11,18H,1-3H3,(H2,23,26)/t18-,21-/m1/s1. The van der Waals surface area contributed by atoms with Gasteiger partial charge in [0.1, 0.15) is 0 Å². The number of nitrogens with one attached hydrogen (secondary N) is 2. The molecule has 0 radical (unpaired) electrons. The van der Waals surface area contributed by atoms with Gasteiger partial charge in [0.25, 0.3) is 0 Å². The highest BCUT2D eigenvalue weighted by Crippen LogP contribution is 2.44. The normalized spacial score (nSPS) is 21.5. The van der Waals surface area contributed by atoms with Crippen molar-refractivity contribution >= 4 is 39.1 Å². The van der Waals surface area contributed by atoms with E-state index in [1.165, 1.54) is 4.90 Å². The van der Waals surface area contributed by atoms with Crippen LogP contribution in [0.1, 0.15) is 23.3 Å². The molecule has 2 N–H and O–H groups in total. The van der Waals surface area contributed by atoms with Gasteiger partial charge in [0.2, 0.25) is 11.8 Å². The van der Waals surface area contributed by atoms with Gasteiger partial charge in [-0.2, -0.15) is 0 Å². The summed E-state index contributed by atoms with van der Waals surface area (Å²) in [5.41, 5.74) is 1.94. The van der Waals surface area contributed by atoms with E-state index in [9.17, 15) is 4.79 Å². The van der Waals surface area contributed by atoms with Crippen LogP contribution < -0.4 is 10.1 Å². The fraction of sp³-hybridized carbons (Fsp3) is 0.238. The molecule has 1 fully saturated rings. The lowest BCUT2D eigenvalue weighted by molar-refractivity contribution is -0.131. The largest absolute Gasteiger partial charge is 0.481 e. The Labute approximate surface area is 186 Å². The summed E-state index contributed by atoms with van der Waals surface area (Å²) >= 11 is 5.01. The van der Waals surface area contributed by atoms with Gasteiger partial charge < -0.3 is 10.1 Å². The Morgan fingerprint density at radius 1 is 1.27 bits per heavy atom. The van der Waals surface area contributed by atoms with Crippen molar-refractivity contribution in [1.29, 1.82) is 5.41 Å². The molecule has 3 aromatic heterocycles. The maximum Gasteiger partial charge on any atom is 0.239 e. The molecular formula is C21H20BrN5O2S. The van der Waals surface area contributed by atoms with Gasteiger partial charge in [0.15, 0.2) is 5.96 Å². The SMILES string of the molecule is COc1ccc([C@@H]2C(=O)N(C)C(=N)N[C@]2(C)c2cc(-c3cncc(Br)c3)cs2)cn1. The number of thiophene rings is 1. The van der Waals surface area contributed by atoms with Crippen LogP contribution in [0, 0.1) is 5.41 Å². The third-order valence-electron chi connectivity index (χ3n) is 5.32. The molecule has 4 rings (SSSR count). The zero-order valence-corrected chi connectivity index (χ0v) is 19.0. The number of halogens is 1. The number of ether oxygens (including phenoxy) is 1. The van der Waals surface area contributed by atoms with Crippen molar-refractivity contribution in [2.45, 2.75) is 18.4 Å². The predicted molar refractivity (Wildman–Crippen MR) is 120 cm³/mol. The molecule has 0 unspecified atom stereocenters. The number of methoxy groups -OCH3 is 1. The summed E-state index contributed by atoms with van der Waals surface area (Å²) in [5, 5.41) is 13.6. The Morgan fingerprint density at radius 2 is 2.07 bits per heavy atom. The van der Waals surface area contributed by atoms with Crippen LogP contribution >= 0.6 is 27.3 Å². The van der Waals surface area contributed by atoms with Crippen LogP contribution in [0.25, 0.3) is 11.1 Å². The maximum atomic E-state index is 13.3. The zero-order valence-electron chi connectivity index (χ0n) is 16.6. The van der Waals surface area contributed by atoms with Crippen molar-refractivity contribution in [3.8, 4) is 17.0 Å². The number of aromatic nitrogens is 2. The van der Waals surface area contributed by atoms with Crippen LogP contribution in [0.2, 0.25) is 0 Å². The Morgan fingerprint density at radius 3 is 2.73 bits per heavy atom. The molecule has 0 saturated carbocycles. The molecule has 1 aliphatic heterocycles. The van der Waals surface area contributed by atoms with Crippen molar-refractivity contribution in [2.24, 2.45) is 0 Å². The number of hydrogen-bond donors (Lipinski definition) is 2. The van der Waals surface area contributed by atoms with E-state index in [0.29, 0.717) is 5.88 Å². The molecule has 0 aromatic carbocycles. The average Bonchev–Trinajstić information content (AvgIpc) is 3.24. The van der Waals surface area contributed by atoms with E-state index >= 15 is 0 Å². The molecule has 9 heteroatoms. The first-order valence-corrected chi connectivity index (χ1v) is 10.8. The summed E-state index contributed by atoms with van der Waals surface area (Å²) in [4.78, 5) is 24.1. The van der Waals surface area contributed by atoms with Crippen LogP contribution in [-0.4, -0.2) is 40.9 Å². The maximum absolute atomic E-state index is 13.3. The fourth-order valence-corrected chi connectivity index (χ4v) is 5.08. The summed E-state index contributed by atoms with van der Waals surface area (Å²) in [6, 6.07) is 7.65. The number of guanidine groups is 1. The first-order valence-electron chi connectivity index (χ1n) is 9.17. The van der Waals surface area contributed by atoms with E-state index in [0.717, 1.165) is 26.0 Å². The summed E-state index contributed by atoms with van der Waals surface area (Å²) < 4.78 is 6.05. The number of likely N-dealkylation sites (N-methyl/N-ethyl adjacent to an activating group) is 1. The lowest BCUT2D eigenvalue weighted by Gasteiger charge is -2.45. The van der Waals surface area contributed by atoms with Gasteiger partial charge in [-0.25, -0.2) is 4.98 Å². The van der Waals surface area contributed by atoms with Crippen LogP contribution in [-0.2, 0) is 10.3 Å². The molecule has 1 aliphatic rings. The van der Waals surface area contributed by atoms with Crippen molar-refractivity contribution in [2.75, 3.05) is 14.2 Å². The second-order valence-electron chi connectivity index (χ2n) is 7.23. The second kappa shape index (κ2) is 7.81. The van der Waals surface area contributed by atoms with Crippen molar-refractivity contribution in [3.63, 3.8) is 0 Å². The van der Waals surface area contributed by atoms with Crippen molar-refractivity contribution < 1.29 is 9.53 Å². The number of hydrogen-bond acceptors (Lipinski definition) is 6. The lowest BCUT2D eigenvalue weighted by atomic mass is 9.77. The minimum atomic E-state index is -0.806. The molecule has 1 amide bonds. The van der Waals surface area contributed by atoms with Gasteiger partial charge in [-0.05, 0) is 51.5 Å². The van der Waals surface area contributed by atoms with Gasteiger partial charge in [-0.15, -0.1) is 11.3 Å². The molecule has 154 valence electrons. The Hall–Kier alpha value is -2.78. The van der Waals surface area contributed by atoms with Gasteiger partial charge in [0.05, 0.1) is 18.6 Å². The Kier molecular flexibility index (Phi) is 5.33. The molecule has 0 aliphatic carbocycles.